The van der Waals surface area contributed by atoms with E-state index < -0.39 is 16.1 Å². The van der Waals surface area contributed by atoms with E-state index in [0.717, 1.165) is 29.5 Å². The van der Waals surface area contributed by atoms with Crippen LogP contribution in [0, 0.1) is 0 Å². The third-order valence-electron chi connectivity index (χ3n) is 3.96. The predicted molar refractivity (Wildman–Crippen MR) is 109 cm³/mol. The molecule has 150 valence electrons. The summed E-state index contributed by atoms with van der Waals surface area (Å²) in [6.45, 7) is 1.22. The van der Waals surface area contributed by atoms with Crippen molar-refractivity contribution in [2.24, 2.45) is 0 Å². The molecule has 1 heterocycles. The van der Waals surface area contributed by atoms with Crippen LogP contribution in [0.2, 0.25) is 0 Å². The van der Waals surface area contributed by atoms with Crippen LogP contribution in [0.4, 0.5) is 5.69 Å². The summed E-state index contributed by atoms with van der Waals surface area (Å²) in [7, 11) is -3.30. The highest BCUT2D eigenvalue weighted by Crippen LogP contribution is 2.16. The number of nitrogens with zero attached hydrogens (tertiary/aromatic N) is 1. The minimum Gasteiger partial charge on any atom is -0.491 e. The lowest BCUT2D eigenvalue weighted by molar-refractivity contribution is 0.106. The van der Waals surface area contributed by atoms with Crippen LogP contribution in [-0.4, -0.2) is 55.5 Å². The number of imidazole rings is 1. The lowest BCUT2D eigenvalue weighted by atomic mass is 10.3. The van der Waals surface area contributed by atoms with E-state index >= 15 is 0 Å². The number of fused-ring (bicyclic) bond motifs is 1. The number of H-pyrrole nitrogens is 1. The van der Waals surface area contributed by atoms with Crippen molar-refractivity contribution in [3.8, 4) is 5.75 Å². The van der Waals surface area contributed by atoms with Crippen LogP contribution in [-0.2, 0) is 16.4 Å². The Balaban J connectivity index is 1.35. The van der Waals surface area contributed by atoms with Crippen LogP contribution in [0.25, 0.3) is 11.0 Å². The molecule has 9 heteroatoms. The maximum absolute atomic E-state index is 11.2. The van der Waals surface area contributed by atoms with Gasteiger partial charge in [0.15, 0.2) is 0 Å². The second-order valence-electron chi connectivity index (χ2n) is 6.52. The molecule has 0 saturated carbocycles. The highest BCUT2D eigenvalue weighted by molar-refractivity contribution is 7.92. The molecule has 0 bridgehead atoms. The zero-order valence-corrected chi connectivity index (χ0v) is 16.4. The highest BCUT2D eigenvalue weighted by atomic mass is 32.2. The number of hydrogen-bond acceptors (Lipinski definition) is 6. The Hall–Kier alpha value is -2.62. The molecule has 0 amide bonds. The minimum absolute atomic E-state index is 0.135. The summed E-state index contributed by atoms with van der Waals surface area (Å²) in [6, 6.07) is 14.4. The average Bonchev–Trinajstić information content (AvgIpc) is 3.06. The summed E-state index contributed by atoms with van der Waals surface area (Å²) in [5.74, 6) is 1.46. The summed E-state index contributed by atoms with van der Waals surface area (Å²) in [5, 5.41) is 13.2. The molecular formula is C19H24N4O4S. The van der Waals surface area contributed by atoms with Crippen molar-refractivity contribution < 1.29 is 18.3 Å². The Kier molecular flexibility index (Phi) is 6.50. The van der Waals surface area contributed by atoms with Crippen molar-refractivity contribution in [1.29, 1.82) is 0 Å². The van der Waals surface area contributed by atoms with Gasteiger partial charge in [0, 0.05) is 25.2 Å². The first-order valence-corrected chi connectivity index (χ1v) is 10.8. The van der Waals surface area contributed by atoms with Gasteiger partial charge >= 0.3 is 0 Å². The van der Waals surface area contributed by atoms with Gasteiger partial charge in [-0.05, 0) is 36.4 Å². The molecule has 0 aliphatic carbocycles. The number of nitrogens with one attached hydrogen (secondary N) is 3. The zero-order valence-electron chi connectivity index (χ0n) is 15.6. The molecule has 0 spiro atoms. The molecule has 3 aromatic rings. The molecule has 0 fully saturated rings. The van der Waals surface area contributed by atoms with Crippen LogP contribution >= 0.6 is 0 Å². The molecular weight excluding hydrogens is 380 g/mol. The Morgan fingerprint density at radius 1 is 1.18 bits per heavy atom. The van der Waals surface area contributed by atoms with Crippen LogP contribution in [0.5, 0.6) is 5.75 Å². The van der Waals surface area contributed by atoms with Gasteiger partial charge in [-0.2, -0.15) is 0 Å². The van der Waals surface area contributed by atoms with Crippen molar-refractivity contribution in [2.45, 2.75) is 12.5 Å². The molecule has 28 heavy (non-hydrogen) atoms. The fraction of sp³-hybridized carbons (Fsp3) is 0.316. The third-order valence-corrected chi connectivity index (χ3v) is 4.56. The van der Waals surface area contributed by atoms with Crippen LogP contribution in [0.3, 0.4) is 0 Å². The van der Waals surface area contributed by atoms with Gasteiger partial charge in [-0.1, -0.05) is 12.1 Å². The van der Waals surface area contributed by atoms with Gasteiger partial charge in [0.2, 0.25) is 10.0 Å². The Morgan fingerprint density at radius 2 is 1.93 bits per heavy atom. The monoisotopic (exact) mass is 404 g/mol. The normalized spacial score (nSPS) is 12.8. The van der Waals surface area contributed by atoms with E-state index in [2.05, 4.69) is 20.0 Å². The maximum Gasteiger partial charge on any atom is 0.229 e. The van der Waals surface area contributed by atoms with Gasteiger partial charge in [-0.3, -0.25) is 4.72 Å². The van der Waals surface area contributed by atoms with E-state index in [4.69, 9.17) is 4.74 Å². The number of para-hydroxylation sites is 2. The second-order valence-corrected chi connectivity index (χ2v) is 8.27. The molecule has 0 aliphatic heterocycles. The number of aliphatic hydroxyl groups is 1. The summed E-state index contributed by atoms with van der Waals surface area (Å²) >= 11 is 0. The highest BCUT2D eigenvalue weighted by Gasteiger charge is 2.07. The van der Waals surface area contributed by atoms with Gasteiger partial charge in [0.25, 0.3) is 0 Å². The molecule has 0 radical (unpaired) electrons. The number of aromatic nitrogens is 2. The molecule has 0 saturated heterocycles. The smallest absolute Gasteiger partial charge is 0.229 e. The molecule has 1 unspecified atom stereocenters. The standard InChI is InChI=1S/C19H24N4O4S/c1-28(25,26)23-14-6-8-16(9-7-14)27-13-15(24)12-20-11-10-19-21-17-4-2-3-5-18(17)22-19/h2-9,15,20,23-24H,10-13H2,1H3,(H,21,22). The summed E-state index contributed by atoms with van der Waals surface area (Å²) < 4.78 is 30.2. The van der Waals surface area contributed by atoms with E-state index in [1.807, 2.05) is 24.3 Å². The van der Waals surface area contributed by atoms with Crippen molar-refractivity contribution >= 4 is 26.7 Å². The van der Waals surface area contributed by atoms with Gasteiger partial charge in [0.05, 0.1) is 17.3 Å². The largest absolute Gasteiger partial charge is 0.491 e. The minimum atomic E-state index is -3.30. The predicted octanol–water partition coefficient (Wildman–Crippen LogP) is 1.51. The lowest BCUT2D eigenvalue weighted by Crippen LogP contribution is -2.32. The summed E-state index contributed by atoms with van der Waals surface area (Å²) in [4.78, 5) is 7.78. The van der Waals surface area contributed by atoms with E-state index in [1.165, 1.54) is 0 Å². The van der Waals surface area contributed by atoms with Crippen molar-refractivity contribution in [3.63, 3.8) is 0 Å². The number of hydrogen-bond donors (Lipinski definition) is 4. The number of sulfonamides is 1. The van der Waals surface area contributed by atoms with Gasteiger partial charge in [-0.25, -0.2) is 13.4 Å². The Morgan fingerprint density at radius 3 is 2.64 bits per heavy atom. The first-order chi connectivity index (χ1) is 13.4. The van der Waals surface area contributed by atoms with Gasteiger partial charge in [0.1, 0.15) is 24.3 Å². The first-order valence-electron chi connectivity index (χ1n) is 8.92. The quantitative estimate of drug-likeness (QED) is 0.381. The van der Waals surface area contributed by atoms with Crippen LogP contribution < -0.4 is 14.8 Å². The Bertz CT molecular complexity index is 969. The van der Waals surface area contributed by atoms with E-state index in [9.17, 15) is 13.5 Å². The number of aromatic amines is 1. The topological polar surface area (TPSA) is 116 Å². The SMILES string of the molecule is CS(=O)(=O)Nc1ccc(OCC(O)CNCCc2nc3ccccc3[nH]2)cc1. The lowest BCUT2D eigenvalue weighted by Gasteiger charge is -2.13. The number of aliphatic hydroxyl groups excluding tert-OH is 1. The Labute approximate surface area is 164 Å². The zero-order chi connectivity index (χ0) is 20.0. The molecule has 0 aliphatic rings. The molecule has 8 nitrogen and oxygen atoms in total. The molecule has 1 atom stereocenters. The van der Waals surface area contributed by atoms with E-state index in [0.29, 0.717) is 24.5 Å². The van der Waals surface area contributed by atoms with Crippen molar-refractivity contribution in [3.05, 3.63) is 54.4 Å². The van der Waals surface area contributed by atoms with Gasteiger partial charge in [-0.15, -0.1) is 0 Å². The second kappa shape index (κ2) is 9.05. The van der Waals surface area contributed by atoms with Gasteiger partial charge < -0.3 is 20.1 Å². The number of anilines is 1. The fourth-order valence-electron chi connectivity index (χ4n) is 2.68. The maximum atomic E-state index is 11.2. The number of rotatable bonds is 10. The number of ether oxygens (including phenoxy) is 1. The summed E-state index contributed by atoms with van der Waals surface area (Å²) in [6.07, 6.45) is 1.16. The van der Waals surface area contributed by atoms with E-state index in [-0.39, 0.29) is 6.61 Å². The molecule has 2 aromatic carbocycles. The third kappa shape index (κ3) is 6.22. The molecule has 1 aromatic heterocycles. The molecule has 3 rings (SSSR count). The van der Waals surface area contributed by atoms with Crippen molar-refractivity contribution in [2.75, 3.05) is 30.7 Å². The first kappa shape index (κ1) is 20.1. The summed E-state index contributed by atoms with van der Waals surface area (Å²) in [5.41, 5.74) is 2.43. The number of benzene rings is 2. The average molecular weight is 404 g/mol. The van der Waals surface area contributed by atoms with Crippen LogP contribution in [0.15, 0.2) is 48.5 Å². The fourth-order valence-corrected chi connectivity index (χ4v) is 3.25. The van der Waals surface area contributed by atoms with Crippen LogP contribution in [0.1, 0.15) is 5.82 Å². The van der Waals surface area contributed by atoms with E-state index in [1.54, 1.807) is 24.3 Å². The molecule has 4 N–H and O–H groups in total. The van der Waals surface area contributed by atoms with Crippen molar-refractivity contribution in [1.82, 2.24) is 15.3 Å².